The van der Waals surface area contributed by atoms with Crippen LogP contribution in [0.25, 0.3) is 0 Å². The first-order chi connectivity index (χ1) is 8.21. The van der Waals surface area contributed by atoms with Gasteiger partial charge in [0, 0.05) is 12.6 Å². The monoisotopic (exact) mass is 248 g/mol. The number of nitriles is 1. The first-order valence-corrected chi connectivity index (χ1v) is 6.03. The minimum atomic E-state index is -0.166. The number of nitrogens with zero attached hydrogens (tertiary/aromatic N) is 2. The number of hydrogen-bond acceptors (Lipinski definition) is 4. The van der Waals surface area contributed by atoms with Crippen molar-refractivity contribution in [2.24, 2.45) is 4.99 Å². The van der Waals surface area contributed by atoms with E-state index in [0.29, 0.717) is 16.4 Å². The van der Waals surface area contributed by atoms with Crippen LogP contribution in [0.5, 0.6) is 0 Å². The van der Waals surface area contributed by atoms with Crippen LogP contribution in [0, 0.1) is 11.5 Å². The summed E-state index contributed by atoms with van der Waals surface area (Å²) in [6, 6.07) is 6.87. The van der Waals surface area contributed by atoms with Gasteiger partial charge in [-0.25, -0.2) is 4.99 Å². The largest absolute Gasteiger partial charge is 0.355 e. The molecule has 0 bridgehead atoms. The Bertz CT molecular complexity index is 479. The molecular weight excluding hydrogens is 236 g/mol. The molecule has 1 aromatic carbocycles. The first-order valence-electron chi connectivity index (χ1n) is 4.81. The molecule has 0 saturated heterocycles. The van der Waals surface area contributed by atoms with Crippen molar-refractivity contribution < 1.29 is 4.79 Å². The predicted molar refractivity (Wildman–Crippen MR) is 69.2 cm³/mol. The Kier molecular flexibility index (Phi) is 5.04. The molecule has 1 amide bonds. The van der Waals surface area contributed by atoms with E-state index in [2.05, 4.69) is 15.6 Å². The quantitative estimate of drug-likeness (QED) is 0.359. The smallest absolute Gasteiger partial charge is 0.251 e. The molecule has 5 nitrogen and oxygen atoms in total. The summed E-state index contributed by atoms with van der Waals surface area (Å²) in [7, 11) is 1.57. The highest BCUT2D eigenvalue weighted by atomic mass is 32.2. The van der Waals surface area contributed by atoms with Gasteiger partial charge >= 0.3 is 0 Å². The summed E-state index contributed by atoms with van der Waals surface area (Å²) in [5.74, 6) is -0.166. The Morgan fingerprint density at radius 1 is 1.53 bits per heavy atom. The van der Waals surface area contributed by atoms with Crippen molar-refractivity contribution in [1.82, 2.24) is 10.6 Å². The number of aliphatic imine (C=N–C) groups is 1. The SMILES string of the molecule is CNC(=O)c1cccc(N=C(NC#N)SC)c1. The minimum Gasteiger partial charge on any atom is -0.355 e. The maximum Gasteiger partial charge on any atom is 0.251 e. The van der Waals surface area contributed by atoms with Crippen molar-refractivity contribution >= 4 is 28.5 Å². The van der Waals surface area contributed by atoms with E-state index >= 15 is 0 Å². The number of nitrogens with one attached hydrogen (secondary N) is 2. The molecule has 0 aliphatic heterocycles. The number of carbonyl (C=O) groups is 1. The van der Waals surface area contributed by atoms with Crippen LogP contribution in [0.15, 0.2) is 29.3 Å². The second-order valence-corrected chi connectivity index (χ2v) is 3.78. The molecule has 0 unspecified atom stereocenters. The summed E-state index contributed by atoms with van der Waals surface area (Å²) in [5, 5.41) is 14.0. The van der Waals surface area contributed by atoms with Gasteiger partial charge in [0.25, 0.3) is 5.91 Å². The second kappa shape index (κ2) is 6.55. The van der Waals surface area contributed by atoms with E-state index in [0.717, 1.165) is 0 Å². The highest BCUT2D eigenvalue weighted by Crippen LogP contribution is 2.15. The summed E-state index contributed by atoms with van der Waals surface area (Å²) < 4.78 is 0. The van der Waals surface area contributed by atoms with Crippen LogP contribution in [0.4, 0.5) is 5.69 Å². The van der Waals surface area contributed by atoms with Gasteiger partial charge in [-0.2, -0.15) is 5.26 Å². The number of amidine groups is 1. The van der Waals surface area contributed by atoms with Gasteiger partial charge < -0.3 is 5.32 Å². The van der Waals surface area contributed by atoms with E-state index in [1.807, 2.05) is 6.26 Å². The number of hydrogen-bond donors (Lipinski definition) is 2. The summed E-state index contributed by atoms with van der Waals surface area (Å²) in [6.45, 7) is 0. The van der Waals surface area contributed by atoms with Gasteiger partial charge in [0.1, 0.15) is 0 Å². The Morgan fingerprint density at radius 2 is 2.29 bits per heavy atom. The molecular formula is C11H12N4OS. The molecule has 0 atom stereocenters. The van der Waals surface area contributed by atoms with E-state index in [1.165, 1.54) is 11.8 Å². The van der Waals surface area contributed by atoms with Crippen molar-refractivity contribution in [2.45, 2.75) is 0 Å². The molecule has 2 N–H and O–H groups in total. The second-order valence-electron chi connectivity index (χ2n) is 2.99. The molecule has 0 spiro atoms. The number of carbonyl (C=O) groups excluding carboxylic acids is 1. The minimum absolute atomic E-state index is 0.166. The van der Waals surface area contributed by atoms with Crippen molar-refractivity contribution in [3.05, 3.63) is 29.8 Å². The third kappa shape index (κ3) is 3.81. The van der Waals surface area contributed by atoms with Crippen molar-refractivity contribution in [3.63, 3.8) is 0 Å². The van der Waals surface area contributed by atoms with Gasteiger partial charge in [-0.3, -0.25) is 10.1 Å². The molecule has 0 aliphatic rings. The molecule has 6 heteroatoms. The van der Waals surface area contributed by atoms with E-state index in [9.17, 15) is 4.79 Å². The lowest BCUT2D eigenvalue weighted by Gasteiger charge is -2.02. The molecule has 0 aromatic heterocycles. The zero-order valence-electron chi connectivity index (χ0n) is 9.52. The average Bonchev–Trinajstić information content (AvgIpc) is 2.37. The van der Waals surface area contributed by atoms with Crippen LogP contribution in [0.3, 0.4) is 0 Å². The van der Waals surface area contributed by atoms with E-state index in [4.69, 9.17) is 5.26 Å². The maximum absolute atomic E-state index is 11.4. The lowest BCUT2D eigenvalue weighted by atomic mass is 10.2. The molecule has 0 aliphatic carbocycles. The normalized spacial score (nSPS) is 10.5. The van der Waals surface area contributed by atoms with Crippen molar-refractivity contribution in [3.8, 4) is 6.19 Å². The van der Waals surface area contributed by atoms with E-state index in [-0.39, 0.29) is 5.91 Å². The van der Waals surface area contributed by atoms with Crippen LogP contribution in [0.2, 0.25) is 0 Å². The average molecular weight is 248 g/mol. The Morgan fingerprint density at radius 3 is 2.88 bits per heavy atom. The predicted octanol–water partition coefficient (Wildman–Crippen LogP) is 1.47. The maximum atomic E-state index is 11.4. The van der Waals surface area contributed by atoms with Gasteiger partial charge in [0.15, 0.2) is 11.4 Å². The summed E-state index contributed by atoms with van der Waals surface area (Å²) >= 11 is 1.33. The molecule has 0 heterocycles. The van der Waals surface area contributed by atoms with E-state index < -0.39 is 0 Å². The van der Waals surface area contributed by atoms with Crippen LogP contribution in [0.1, 0.15) is 10.4 Å². The molecule has 17 heavy (non-hydrogen) atoms. The van der Waals surface area contributed by atoms with Crippen LogP contribution >= 0.6 is 11.8 Å². The Hall–Kier alpha value is -2.00. The van der Waals surface area contributed by atoms with E-state index in [1.54, 1.807) is 37.5 Å². The van der Waals surface area contributed by atoms with Crippen molar-refractivity contribution in [2.75, 3.05) is 13.3 Å². The fraction of sp³-hybridized carbons (Fsp3) is 0.182. The Labute approximate surface area is 104 Å². The van der Waals surface area contributed by atoms with Gasteiger partial charge in [-0.15, -0.1) is 0 Å². The van der Waals surface area contributed by atoms with Crippen molar-refractivity contribution in [1.29, 1.82) is 5.26 Å². The standard InChI is InChI=1S/C11H12N4OS/c1-13-10(16)8-4-3-5-9(6-8)15-11(17-2)14-7-12/h3-6H,1-2H3,(H,13,16)(H,14,15). The number of benzene rings is 1. The number of thioether (sulfide) groups is 1. The highest BCUT2D eigenvalue weighted by molar-refractivity contribution is 8.13. The number of amides is 1. The zero-order chi connectivity index (χ0) is 12.7. The lowest BCUT2D eigenvalue weighted by Crippen LogP contribution is -2.17. The summed E-state index contributed by atoms with van der Waals surface area (Å²) in [6.07, 6.45) is 3.62. The third-order valence-corrected chi connectivity index (χ3v) is 2.50. The zero-order valence-corrected chi connectivity index (χ0v) is 10.3. The molecule has 0 saturated carbocycles. The molecule has 1 rings (SSSR count). The summed E-state index contributed by atoms with van der Waals surface area (Å²) in [5.41, 5.74) is 1.16. The molecule has 0 fully saturated rings. The van der Waals surface area contributed by atoms with Gasteiger partial charge in [0.2, 0.25) is 0 Å². The summed E-state index contributed by atoms with van der Waals surface area (Å²) in [4.78, 5) is 15.6. The fourth-order valence-electron chi connectivity index (χ4n) is 1.15. The fourth-order valence-corrected chi connectivity index (χ4v) is 1.50. The van der Waals surface area contributed by atoms with Crippen LogP contribution < -0.4 is 10.6 Å². The molecule has 1 aromatic rings. The van der Waals surface area contributed by atoms with Gasteiger partial charge in [-0.05, 0) is 24.5 Å². The third-order valence-electron chi connectivity index (χ3n) is 1.92. The Balaban J connectivity index is 2.99. The van der Waals surface area contributed by atoms with Crippen LogP contribution in [-0.2, 0) is 0 Å². The number of rotatable bonds is 2. The lowest BCUT2D eigenvalue weighted by molar-refractivity contribution is 0.0963. The highest BCUT2D eigenvalue weighted by Gasteiger charge is 2.03. The van der Waals surface area contributed by atoms with Crippen LogP contribution in [-0.4, -0.2) is 24.4 Å². The topological polar surface area (TPSA) is 77.3 Å². The molecule has 0 radical (unpaired) electrons. The molecule has 88 valence electrons. The van der Waals surface area contributed by atoms with Gasteiger partial charge in [-0.1, -0.05) is 17.8 Å². The van der Waals surface area contributed by atoms with Gasteiger partial charge in [0.05, 0.1) is 5.69 Å². The first kappa shape index (κ1) is 13.1.